The van der Waals surface area contributed by atoms with Crippen LogP contribution in [0, 0.1) is 11.8 Å². The first kappa shape index (κ1) is 52.6. The second kappa shape index (κ2) is 31.1. The van der Waals surface area contributed by atoms with Gasteiger partial charge < -0.3 is 36.4 Å². The summed E-state index contributed by atoms with van der Waals surface area (Å²) >= 11 is 0. The Bertz CT molecular complexity index is 1580. The summed E-state index contributed by atoms with van der Waals surface area (Å²) in [4.78, 5) is 51.6. The molecule has 0 aliphatic carbocycles. The van der Waals surface area contributed by atoms with Gasteiger partial charge in [-0.2, -0.15) is 0 Å². The van der Waals surface area contributed by atoms with Crippen molar-refractivity contribution in [2.24, 2.45) is 11.8 Å². The average molecular weight is 856 g/mol. The predicted octanol–water partition coefficient (Wildman–Crippen LogP) is 9.48. The van der Waals surface area contributed by atoms with Crippen LogP contribution in [0.1, 0.15) is 200 Å². The SMILES string of the molecule is CCCCCCCCCCCCCCC1CCCCCN(CC(O)CNc2c(NC)c(=O)c2=O)CCCCCCCCC(CCCCC)C(Nc2c(NC)c(=O)c2=O)C(O)C1. The van der Waals surface area contributed by atoms with E-state index in [1.54, 1.807) is 14.1 Å². The lowest BCUT2D eigenvalue weighted by Gasteiger charge is -2.35. The number of unbranched alkanes of at least 4 members (excludes halogenated alkanes) is 13. The minimum atomic E-state index is -0.669. The topological polar surface area (TPSA) is 160 Å². The number of aliphatic hydroxyl groups excluding tert-OH is 2. The maximum Gasteiger partial charge on any atom is 0.253 e. The minimum absolute atomic E-state index is 0.212. The van der Waals surface area contributed by atoms with Gasteiger partial charge >= 0.3 is 0 Å². The van der Waals surface area contributed by atoms with Crippen LogP contribution in [0.15, 0.2) is 19.2 Å². The molecular weight excluding hydrogens is 767 g/mol. The van der Waals surface area contributed by atoms with E-state index in [1.165, 1.54) is 77.0 Å². The number of hydrogen-bond acceptors (Lipinski definition) is 11. The monoisotopic (exact) mass is 856 g/mol. The molecule has 1 fully saturated rings. The fraction of sp³-hybridized carbons (Fsp3) is 0.840. The molecule has 350 valence electrons. The molecule has 6 N–H and O–H groups in total. The van der Waals surface area contributed by atoms with Crippen LogP contribution in [0.4, 0.5) is 22.7 Å². The number of hydrogen-bond donors (Lipinski definition) is 6. The first-order valence-electron chi connectivity index (χ1n) is 25.3. The highest BCUT2D eigenvalue weighted by Gasteiger charge is 2.33. The Morgan fingerprint density at radius 3 is 1.64 bits per heavy atom. The summed E-state index contributed by atoms with van der Waals surface area (Å²) in [6.07, 6.45) is 32.5. The molecule has 2 aromatic rings. The van der Waals surface area contributed by atoms with Crippen molar-refractivity contribution in [3.63, 3.8) is 0 Å². The van der Waals surface area contributed by atoms with Crippen molar-refractivity contribution in [2.45, 2.75) is 218 Å². The van der Waals surface area contributed by atoms with E-state index in [2.05, 4.69) is 40.0 Å². The number of nitrogens with zero attached hydrogens (tertiary/aromatic N) is 1. The lowest BCUT2D eigenvalue weighted by molar-refractivity contribution is 0.0887. The van der Waals surface area contributed by atoms with E-state index in [1.807, 2.05) is 0 Å². The minimum Gasteiger partial charge on any atom is -0.391 e. The lowest BCUT2D eigenvalue weighted by atomic mass is 9.80. The molecule has 61 heavy (non-hydrogen) atoms. The van der Waals surface area contributed by atoms with Crippen molar-refractivity contribution in [1.29, 1.82) is 0 Å². The van der Waals surface area contributed by atoms with E-state index in [0.29, 0.717) is 30.3 Å². The molecule has 0 bridgehead atoms. The van der Waals surface area contributed by atoms with Crippen molar-refractivity contribution in [2.75, 3.05) is 61.5 Å². The first-order valence-corrected chi connectivity index (χ1v) is 25.3. The Morgan fingerprint density at radius 1 is 0.574 bits per heavy atom. The van der Waals surface area contributed by atoms with Crippen molar-refractivity contribution >= 4 is 22.7 Å². The summed E-state index contributed by atoms with van der Waals surface area (Å²) in [7, 11) is 3.31. The Morgan fingerprint density at radius 2 is 1.03 bits per heavy atom. The molecule has 11 nitrogen and oxygen atoms in total. The summed E-state index contributed by atoms with van der Waals surface area (Å²) in [5, 5.41) is 35.5. The van der Waals surface area contributed by atoms with Crippen LogP contribution in [0.3, 0.4) is 0 Å². The van der Waals surface area contributed by atoms with Crippen molar-refractivity contribution in [3.8, 4) is 0 Å². The van der Waals surface area contributed by atoms with Crippen molar-refractivity contribution < 1.29 is 10.2 Å². The van der Waals surface area contributed by atoms with Crippen LogP contribution in [-0.2, 0) is 0 Å². The summed E-state index contributed by atoms with van der Waals surface area (Å²) < 4.78 is 0. The fourth-order valence-corrected chi connectivity index (χ4v) is 9.83. The number of aliphatic hydroxyl groups is 2. The molecule has 0 spiro atoms. The Hall–Kier alpha value is -2.76. The van der Waals surface area contributed by atoms with Crippen LogP contribution >= 0.6 is 0 Å². The summed E-state index contributed by atoms with van der Waals surface area (Å²) in [5.74, 6) is 0.586. The third-order valence-electron chi connectivity index (χ3n) is 13.6. The van der Waals surface area contributed by atoms with E-state index < -0.39 is 33.9 Å². The maximum absolute atomic E-state index is 12.9. The Labute approximate surface area is 369 Å². The molecule has 1 heterocycles. The molecule has 0 radical (unpaired) electrons. The Kier molecular flexibility index (Phi) is 26.9. The van der Waals surface area contributed by atoms with Gasteiger partial charge in [0.05, 0.1) is 18.2 Å². The molecule has 3 rings (SSSR count). The van der Waals surface area contributed by atoms with Crippen LogP contribution < -0.4 is 43.0 Å². The average Bonchev–Trinajstić information content (AvgIpc) is 3.25. The van der Waals surface area contributed by atoms with Crippen LogP contribution in [0.2, 0.25) is 0 Å². The highest BCUT2D eigenvalue weighted by molar-refractivity contribution is 5.74. The smallest absolute Gasteiger partial charge is 0.253 e. The van der Waals surface area contributed by atoms with Crippen molar-refractivity contribution in [3.05, 3.63) is 40.9 Å². The van der Waals surface area contributed by atoms with Gasteiger partial charge in [0.2, 0.25) is 0 Å². The van der Waals surface area contributed by atoms with E-state index in [0.717, 1.165) is 116 Å². The summed E-state index contributed by atoms with van der Waals surface area (Å²) in [6.45, 7) is 7.04. The van der Waals surface area contributed by atoms with E-state index >= 15 is 0 Å². The lowest BCUT2D eigenvalue weighted by Crippen LogP contribution is -2.46. The second-order valence-corrected chi connectivity index (χ2v) is 18.7. The largest absolute Gasteiger partial charge is 0.391 e. The highest BCUT2D eigenvalue weighted by Crippen LogP contribution is 2.32. The number of β-amino-alcohol motifs (C(OH)–C–C–N with tert-alkyl or cyclic N) is 1. The number of nitrogens with one attached hydrogen (secondary N) is 4. The second-order valence-electron chi connectivity index (χ2n) is 18.7. The number of anilines is 4. The molecule has 1 saturated heterocycles. The van der Waals surface area contributed by atoms with E-state index in [-0.39, 0.29) is 29.9 Å². The van der Waals surface area contributed by atoms with E-state index in [9.17, 15) is 29.4 Å². The molecule has 1 aliphatic rings. The highest BCUT2D eigenvalue weighted by atomic mass is 16.3. The quantitative estimate of drug-likeness (QED) is 0.0395. The van der Waals surface area contributed by atoms with Gasteiger partial charge in [0.1, 0.15) is 22.7 Å². The van der Waals surface area contributed by atoms with Gasteiger partial charge in [-0.25, -0.2) is 0 Å². The maximum atomic E-state index is 12.9. The molecule has 0 amide bonds. The zero-order valence-electron chi connectivity index (χ0n) is 39.2. The standard InChI is InChI=1S/C50H89N5O6/c1-5-7-9-10-11-12-13-14-15-16-19-24-29-38-30-25-22-28-34-55(37-40(56)36-53-45-43(51-3)47(58)49(45)60)33-27-21-18-17-20-26-32-39(31-23-8-6-2)42(41(57)35-38)54-46-44(52-4)48(59)50(46)61/h38-42,51-54,56-57H,5-37H2,1-4H3. The van der Waals surface area contributed by atoms with Crippen molar-refractivity contribution in [1.82, 2.24) is 4.90 Å². The summed E-state index contributed by atoms with van der Waals surface area (Å²) in [5.41, 5.74) is -0.741. The third kappa shape index (κ3) is 18.9. The van der Waals surface area contributed by atoms with Crippen LogP contribution in [0.5, 0.6) is 0 Å². The number of rotatable bonds is 26. The fourth-order valence-electron chi connectivity index (χ4n) is 9.83. The van der Waals surface area contributed by atoms with Crippen LogP contribution in [0.25, 0.3) is 0 Å². The zero-order chi connectivity index (χ0) is 44.2. The first-order chi connectivity index (χ1) is 29.7. The van der Waals surface area contributed by atoms with Gasteiger partial charge in [0.15, 0.2) is 0 Å². The molecule has 0 saturated carbocycles. The van der Waals surface area contributed by atoms with Gasteiger partial charge in [-0.15, -0.1) is 0 Å². The molecule has 1 aliphatic heterocycles. The normalized spacial score (nSPS) is 21.4. The molecule has 5 unspecified atom stereocenters. The Balaban J connectivity index is 1.68. The van der Waals surface area contributed by atoms with Gasteiger partial charge in [0, 0.05) is 27.2 Å². The van der Waals surface area contributed by atoms with Gasteiger partial charge in [0.25, 0.3) is 21.7 Å². The molecule has 5 atom stereocenters. The molecule has 2 aromatic carbocycles. The van der Waals surface area contributed by atoms with Gasteiger partial charge in [-0.1, -0.05) is 168 Å². The van der Waals surface area contributed by atoms with E-state index in [4.69, 9.17) is 0 Å². The molecule has 11 heteroatoms. The van der Waals surface area contributed by atoms with Gasteiger partial charge in [-0.3, -0.25) is 19.2 Å². The predicted molar refractivity (Wildman–Crippen MR) is 258 cm³/mol. The summed E-state index contributed by atoms with van der Waals surface area (Å²) in [6, 6.07) is -0.280. The zero-order valence-corrected chi connectivity index (χ0v) is 39.2. The van der Waals surface area contributed by atoms with Gasteiger partial charge in [-0.05, 0) is 57.0 Å². The molecule has 0 aromatic heterocycles. The molecular formula is C50H89N5O6. The van der Waals surface area contributed by atoms with Crippen LogP contribution in [-0.4, -0.2) is 73.6 Å². The third-order valence-corrected chi connectivity index (χ3v) is 13.6.